The molecule has 0 fully saturated rings. The maximum Gasteiger partial charge on any atom is 0.222 e. The SMILES string of the molecule is COc1ccc(N=C(c2ccccc2)c2ccccc2)c(CC(N)=O)c1F. The molecule has 0 aromatic heterocycles. The zero-order valence-electron chi connectivity index (χ0n) is 14.9. The molecule has 0 aliphatic carbocycles. The zero-order valence-corrected chi connectivity index (χ0v) is 14.9. The lowest BCUT2D eigenvalue weighted by molar-refractivity contribution is -0.117. The van der Waals surface area contributed by atoms with Crippen LogP contribution in [0.4, 0.5) is 10.1 Å². The van der Waals surface area contributed by atoms with Gasteiger partial charge in [0.1, 0.15) is 0 Å². The fraction of sp³-hybridized carbons (Fsp3) is 0.0909. The molecule has 0 saturated heterocycles. The number of hydrogen-bond donors (Lipinski definition) is 1. The monoisotopic (exact) mass is 362 g/mol. The number of carbonyl (C=O) groups is 1. The molecular formula is C22H19FN2O2. The summed E-state index contributed by atoms with van der Waals surface area (Å²) in [6.07, 6.45) is -0.265. The van der Waals surface area contributed by atoms with Crippen LogP contribution in [0, 0.1) is 5.82 Å². The summed E-state index contributed by atoms with van der Waals surface area (Å²) in [6.45, 7) is 0. The van der Waals surface area contributed by atoms with Crippen molar-refractivity contribution in [2.75, 3.05) is 7.11 Å². The summed E-state index contributed by atoms with van der Waals surface area (Å²) in [5.41, 5.74) is 8.20. The van der Waals surface area contributed by atoms with Gasteiger partial charge in [0.25, 0.3) is 0 Å². The third-order valence-corrected chi connectivity index (χ3v) is 4.08. The first-order valence-corrected chi connectivity index (χ1v) is 8.43. The minimum absolute atomic E-state index is 0.0474. The lowest BCUT2D eigenvalue weighted by atomic mass is 10.0. The first kappa shape index (κ1) is 18.3. The van der Waals surface area contributed by atoms with Gasteiger partial charge in [-0.25, -0.2) is 9.38 Å². The lowest BCUT2D eigenvalue weighted by Crippen LogP contribution is -2.15. The molecule has 0 bridgehead atoms. The molecule has 0 aliphatic heterocycles. The standard InChI is InChI=1S/C22H19FN2O2/c1-27-19-13-12-18(17(21(19)23)14-20(24)26)25-22(15-8-4-2-5-9-15)16-10-6-3-7-11-16/h2-13H,14H2,1H3,(H2,24,26). The van der Waals surface area contributed by atoms with Crippen LogP contribution < -0.4 is 10.5 Å². The van der Waals surface area contributed by atoms with Gasteiger partial charge < -0.3 is 10.5 Å². The van der Waals surface area contributed by atoms with Gasteiger partial charge in [-0.05, 0) is 12.1 Å². The third-order valence-electron chi connectivity index (χ3n) is 4.08. The van der Waals surface area contributed by atoms with E-state index in [2.05, 4.69) is 0 Å². The van der Waals surface area contributed by atoms with Gasteiger partial charge in [0.15, 0.2) is 11.6 Å². The number of nitrogens with zero attached hydrogens (tertiary/aromatic N) is 1. The zero-order chi connectivity index (χ0) is 19.2. The molecule has 0 saturated carbocycles. The summed E-state index contributed by atoms with van der Waals surface area (Å²) in [5, 5.41) is 0. The average molecular weight is 362 g/mol. The average Bonchev–Trinajstić information content (AvgIpc) is 2.69. The molecule has 2 N–H and O–H groups in total. The van der Waals surface area contributed by atoms with Crippen LogP contribution in [0.1, 0.15) is 16.7 Å². The highest BCUT2D eigenvalue weighted by Crippen LogP contribution is 2.31. The van der Waals surface area contributed by atoms with Crippen LogP contribution in [-0.4, -0.2) is 18.7 Å². The van der Waals surface area contributed by atoms with Crippen LogP contribution in [0.3, 0.4) is 0 Å². The van der Waals surface area contributed by atoms with E-state index in [4.69, 9.17) is 15.5 Å². The van der Waals surface area contributed by atoms with Crippen molar-refractivity contribution < 1.29 is 13.9 Å². The molecule has 3 aromatic carbocycles. The van der Waals surface area contributed by atoms with E-state index in [1.807, 2.05) is 60.7 Å². The smallest absolute Gasteiger partial charge is 0.222 e. The van der Waals surface area contributed by atoms with E-state index in [1.54, 1.807) is 6.07 Å². The van der Waals surface area contributed by atoms with Gasteiger partial charge in [-0.3, -0.25) is 4.79 Å². The fourth-order valence-electron chi connectivity index (χ4n) is 2.80. The number of benzene rings is 3. The van der Waals surface area contributed by atoms with Crippen LogP contribution in [0.25, 0.3) is 0 Å². The number of hydrogen-bond acceptors (Lipinski definition) is 3. The molecular weight excluding hydrogens is 343 g/mol. The minimum Gasteiger partial charge on any atom is -0.494 e. The molecule has 0 atom stereocenters. The second-order valence-electron chi connectivity index (χ2n) is 5.92. The molecule has 27 heavy (non-hydrogen) atoms. The number of carbonyl (C=O) groups excluding carboxylic acids is 1. The van der Waals surface area contributed by atoms with Crippen molar-refractivity contribution in [3.05, 3.63) is 95.3 Å². The van der Waals surface area contributed by atoms with Gasteiger partial charge in [0.2, 0.25) is 5.91 Å². The molecule has 0 heterocycles. The highest BCUT2D eigenvalue weighted by atomic mass is 19.1. The Morgan fingerprint density at radius 2 is 1.52 bits per heavy atom. The van der Waals surface area contributed by atoms with E-state index < -0.39 is 11.7 Å². The molecule has 5 heteroatoms. The molecule has 0 radical (unpaired) electrons. The van der Waals surface area contributed by atoms with Crippen molar-refractivity contribution >= 4 is 17.3 Å². The van der Waals surface area contributed by atoms with Crippen LogP contribution in [0.5, 0.6) is 5.75 Å². The Bertz CT molecular complexity index is 929. The molecule has 4 nitrogen and oxygen atoms in total. The molecule has 136 valence electrons. The maximum atomic E-state index is 14.7. The molecule has 0 aliphatic rings. The highest BCUT2D eigenvalue weighted by Gasteiger charge is 2.17. The Morgan fingerprint density at radius 3 is 2.00 bits per heavy atom. The van der Waals surface area contributed by atoms with Gasteiger partial charge in [-0.1, -0.05) is 60.7 Å². The second kappa shape index (κ2) is 8.27. The molecule has 3 aromatic rings. The molecule has 0 unspecified atom stereocenters. The maximum absolute atomic E-state index is 14.7. The fourth-order valence-corrected chi connectivity index (χ4v) is 2.80. The summed E-state index contributed by atoms with van der Waals surface area (Å²) in [4.78, 5) is 16.2. The van der Waals surface area contributed by atoms with Crippen molar-refractivity contribution in [2.45, 2.75) is 6.42 Å². The topological polar surface area (TPSA) is 64.7 Å². The van der Waals surface area contributed by atoms with Crippen LogP contribution >= 0.6 is 0 Å². The van der Waals surface area contributed by atoms with Crippen molar-refractivity contribution in [1.29, 1.82) is 0 Å². The van der Waals surface area contributed by atoms with Crippen molar-refractivity contribution in [1.82, 2.24) is 0 Å². The van der Waals surface area contributed by atoms with Crippen LogP contribution in [-0.2, 0) is 11.2 Å². The minimum atomic E-state index is -0.639. The van der Waals surface area contributed by atoms with E-state index in [0.717, 1.165) is 11.1 Å². The third kappa shape index (κ3) is 4.20. The first-order chi connectivity index (χ1) is 13.1. The van der Waals surface area contributed by atoms with E-state index in [9.17, 15) is 9.18 Å². The van der Waals surface area contributed by atoms with Crippen LogP contribution in [0.2, 0.25) is 0 Å². The summed E-state index contributed by atoms with van der Waals surface area (Å²) in [5.74, 6) is -1.22. The molecule has 1 amide bonds. The number of methoxy groups -OCH3 is 1. The van der Waals surface area contributed by atoms with Gasteiger partial charge in [-0.15, -0.1) is 0 Å². The summed E-state index contributed by atoms with van der Waals surface area (Å²) in [6, 6.07) is 22.3. The highest BCUT2D eigenvalue weighted by molar-refractivity contribution is 6.14. The number of rotatable bonds is 6. The van der Waals surface area contributed by atoms with Gasteiger partial charge in [0.05, 0.1) is 24.9 Å². The Kier molecular flexibility index (Phi) is 5.61. The number of nitrogens with two attached hydrogens (primary N) is 1. The van der Waals surface area contributed by atoms with E-state index in [-0.39, 0.29) is 17.7 Å². The number of ether oxygens (including phenoxy) is 1. The Balaban J connectivity index is 2.21. The van der Waals surface area contributed by atoms with Gasteiger partial charge in [-0.2, -0.15) is 0 Å². The second-order valence-corrected chi connectivity index (χ2v) is 5.92. The summed E-state index contributed by atoms with van der Waals surface area (Å²) < 4.78 is 19.8. The first-order valence-electron chi connectivity index (χ1n) is 8.43. The Labute approximate surface area is 157 Å². The largest absolute Gasteiger partial charge is 0.494 e. The molecule has 3 rings (SSSR count). The van der Waals surface area contributed by atoms with Crippen molar-refractivity contribution in [3.8, 4) is 5.75 Å². The number of aliphatic imine (C=N–C) groups is 1. The van der Waals surface area contributed by atoms with Gasteiger partial charge in [0, 0.05) is 16.7 Å². The number of halogens is 1. The van der Waals surface area contributed by atoms with E-state index >= 15 is 0 Å². The summed E-state index contributed by atoms with van der Waals surface area (Å²) in [7, 11) is 1.37. The number of primary amides is 1. The predicted molar refractivity (Wildman–Crippen MR) is 104 cm³/mol. The van der Waals surface area contributed by atoms with E-state index in [0.29, 0.717) is 11.4 Å². The predicted octanol–water partition coefficient (Wildman–Crippen LogP) is 4.03. The summed E-state index contributed by atoms with van der Waals surface area (Å²) >= 11 is 0. The van der Waals surface area contributed by atoms with Gasteiger partial charge >= 0.3 is 0 Å². The quantitative estimate of drug-likeness (QED) is 0.673. The normalized spacial score (nSPS) is 10.3. The van der Waals surface area contributed by atoms with Crippen molar-refractivity contribution in [3.63, 3.8) is 0 Å². The molecule has 0 spiro atoms. The number of amides is 1. The van der Waals surface area contributed by atoms with E-state index in [1.165, 1.54) is 13.2 Å². The lowest BCUT2D eigenvalue weighted by Gasteiger charge is -2.12. The van der Waals surface area contributed by atoms with Crippen molar-refractivity contribution in [2.24, 2.45) is 10.7 Å². The Morgan fingerprint density at radius 1 is 0.963 bits per heavy atom. The van der Waals surface area contributed by atoms with Crippen LogP contribution in [0.15, 0.2) is 77.8 Å². The Hall–Kier alpha value is -3.47.